The molecule has 0 aliphatic carbocycles. The Hall–Kier alpha value is -1.81. The number of rotatable bonds is 4. The number of likely N-dealkylation sites (tertiary alicyclic amines) is 1. The number of hydrogen-bond donors (Lipinski definition) is 2. The first-order chi connectivity index (χ1) is 10.5. The first-order valence-corrected chi connectivity index (χ1v) is 7.78. The van der Waals surface area contributed by atoms with Gasteiger partial charge in [-0.25, -0.2) is 0 Å². The van der Waals surface area contributed by atoms with E-state index in [0.717, 1.165) is 19.3 Å². The fraction of sp³-hybridized carbons (Fsp3) is 0.500. The zero-order valence-electron chi connectivity index (χ0n) is 13.4. The van der Waals surface area contributed by atoms with Gasteiger partial charge in [0.15, 0.2) is 0 Å². The first-order valence-electron chi connectivity index (χ1n) is 7.78. The van der Waals surface area contributed by atoms with E-state index in [2.05, 4.69) is 6.08 Å². The highest BCUT2D eigenvalue weighted by atomic mass is 16.3. The van der Waals surface area contributed by atoms with Gasteiger partial charge >= 0.3 is 0 Å². The van der Waals surface area contributed by atoms with Crippen molar-refractivity contribution in [2.45, 2.75) is 33.1 Å². The van der Waals surface area contributed by atoms with Gasteiger partial charge < -0.3 is 15.1 Å². The van der Waals surface area contributed by atoms with Crippen LogP contribution in [0.15, 0.2) is 35.9 Å². The van der Waals surface area contributed by atoms with Gasteiger partial charge in [0.25, 0.3) is 5.91 Å². The molecule has 2 N–H and O–H groups in total. The Morgan fingerprint density at radius 1 is 1.41 bits per heavy atom. The number of amides is 1. The molecule has 0 radical (unpaired) electrons. The third-order valence-corrected chi connectivity index (χ3v) is 4.32. The number of piperidine rings is 1. The second-order valence-corrected chi connectivity index (χ2v) is 6.52. The highest BCUT2D eigenvalue weighted by Gasteiger charge is 2.36. The SMILES string of the molecule is CC(C)=CCC1(CO)CCCN(C(=O)c2cccc(O)c2)C1. The predicted octanol–water partition coefficient (Wildman–Crippen LogP) is 2.96. The summed E-state index contributed by atoms with van der Waals surface area (Å²) in [5, 5.41) is 19.4. The van der Waals surface area contributed by atoms with E-state index in [1.807, 2.05) is 13.8 Å². The molecule has 0 spiro atoms. The molecule has 1 fully saturated rings. The lowest BCUT2D eigenvalue weighted by molar-refractivity contribution is 0.0284. The van der Waals surface area contributed by atoms with E-state index in [1.54, 1.807) is 23.1 Å². The molecule has 120 valence electrons. The smallest absolute Gasteiger partial charge is 0.254 e. The molecular weight excluding hydrogens is 278 g/mol. The Bertz CT molecular complexity index is 563. The number of benzene rings is 1. The molecule has 1 unspecified atom stereocenters. The first kappa shape index (κ1) is 16.6. The van der Waals surface area contributed by atoms with Crippen molar-refractivity contribution in [1.82, 2.24) is 4.90 Å². The molecule has 0 aromatic heterocycles. The molecular formula is C18H25NO3. The molecule has 0 bridgehead atoms. The number of aliphatic hydroxyl groups excluding tert-OH is 1. The van der Waals surface area contributed by atoms with E-state index < -0.39 is 0 Å². The van der Waals surface area contributed by atoms with Gasteiger partial charge in [0, 0.05) is 24.1 Å². The summed E-state index contributed by atoms with van der Waals surface area (Å²) < 4.78 is 0. The lowest BCUT2D eigenvalue weighted by atomic mass is 9.77. The van der Waals surface area contributed by atoms with Crippen LogP contribution in [0.5, 0.6) is 5.75 Å². The average molecular weight is 303 g/mol. The van der Waals surface area contributed by atoms with Gasteiger partial charge in [0.2, 0.25) is 0 Å². The van der Waals surface area contributed by atoms with E-state index >= 15 is 0 Å². The summed E-state index contributed by atoms with van der Waals surface area (Å²) in [7, 11) is 0. The molecule has 2 rings (SSSR count). The molecule has 4 nitrogen and oxygen atoms in total. The maximum absolute atomic E-state index is 12.6. The number of allylic oxidation sites excluding steroid dienone is 2. The summed E-state index contributed by atoms with van der Waals surface area (Å²) in [4.78, 5) is 14.4. The van der Waals surface area contributed by atoms with Gasteiger partial charge in [0.1, 0.15) is 5.75 Å². The van der Waals surface area contributed by atoms with E-state index in [-0.39, 0.29) is 23.7 Å². The van der Waals surface area contributed by atoms with Crippen molar-refractivity contribution < 1.29 is 15.0 Å². The summed E-state index contributed by atoms with van der Waals surface area (Å²) in [5.41, 5.74) is 1.47. The quantitative estimate of drug-likeness (QED) is 0.841. The minimum absolute atomic E-state index is 0.0781. The van der Waals surface area contributed by atoms with E-state index in [4.69, 9.17) is 0 Å². The topological polar surface area (TPSA) is 60.8 Å². The average Bonchev–Trinajstić information content (AvgIpc) is 2.52. The minimum atomic E-state index is -0.248. The summed E-state index contributed by atoms with van der Waals surface area (Å²) in [5.74, 6) is 0.0199. The van der Waals surface area contributed by atoms with Crippen LogP contribution in [0.4, 0.5) is 0 Å². The molecule has 1 heterocycles. The Morgan fingerprint density at radius 3 is 2.82 bits per heavy atom. The van der Waals surface area contributed by atoms with Crippen LogP contribution in [-0.2, 0) is 0 Å². The van der Waals surface area contributed by atoms with Crippen LogP contribution in [0.25, 0.3) is 0 Å². The number of aliphatic hydroxyl groups is 1. The Morgan fingerprint density at radius 2 is 2.18 bits per heavy atom. The molecule has 1 aromatic rings. The van der Waals surface area contributed by atoms with Crippen LogP contribution in [0.1, 0.15) is 43.5 Å². The summed E-state index contributed by atoms with van der Waals surface area (Å²) in [6.45, 7) is 5.43. The monoisotopic (exact) mass is 303 g/mol. The number of hydrogen-bond acceptors (Lipinski definition) is 3. The van der Waals surface area contributed by atoms with Crippen LogP contribution in [0, 0.1) is 5.41 Å². The van der Waals surface area contributed by atoms with Crippen molar-refractivity contribution >= 4 is 5.91 Å². The molecule has 1 atom stereocenters. The van der Waals surface area contributed by atoms with Crippen LogP contribution in [0.2, 0.25) is 0 Å². The van der Waals surface area contributed by atoms with E-state index in [0.29, 0.717) is 18.7 Å². The molecule has 22 heavy (non-hydrogen) atoms. The van der Waals surface area contributed by atoms with Crippen molar-refractivity contribution in [3.05, 3.63) is 41.5 Å². The molecule has 1 saturated heterocycles. The molecule has 1 aliphatic rings. The van der Waals surface area contributed by atoms with Gasteiger partial charge in [-0.15, -0.1) is 0 Å². The van der Waals surface area contributed by atoms with E-state index in [1.165, 1.54) is 11.6 Å². The lowest BCUT2D eigenvalue weighted by Gasteiger charge is -2.41. The van der Waals surface area contributed by atoms with Crippen LogP contribution in [0.3, 0.4) is 0 Å². The number of carbonyl (C=O) groups is 1. The second kappa shape index (κ2) is 6.97. The van der Waals surface area contributed by atoms with E-state index in [9.17, 15) is 15.0 Å². The Labute approximate surface area is 132 Å². The van der Waals surface area contributed by atoms with Gasteiger partial charge in [0.05, 0.1) is 6.61 Å². The fourth-order valence-corrected chi connectivity index (χ4v) is 2.98. The maximum Gasteiger partial charge on any atom is 0.254 e. The minimum Gasteiger partial charge on any atom is -0.508 e. The van der Waals surface area contributed by atoms with Crippen molar-refractivity contribution in [3.63, 3.8) is 0 Å². The zero-order valence-corrected chi connectivity index (χ0v) is 13.4. The number of phenolic OH excluding ortho intramolecular Hbond substituents is 1. The Kier molecular flexibility index (Phi) is 5.24. The molecule has 0 saturated carbocycles. The predicted molar refractivity (Wildman–Crippen MR) is 86.8 cm³/mol. The third-order valence-electron chi connectivity index (χ3n) is 4.32. The normalized spacial score (nSPS) is 21.5. The van der Waals surface area contributed by atoms with Crippen LogP contribution in [-0.4, -0.2) is 40.7 Å². The largest absolute Gasteiger partial charge is 0.508 e. The number of aromatic hydroxyl groups is 1. The van der Waals surface area contributed by atoms with Gasteiger partial charge in [-0.2, -0.15) is 0 Å². The molecule has 4 heteroatoms. The van der Waals surface area contributed by atoms with Crippen LogP contribution >= 0.6 is 0 Å². The van der Waals surface area contributed by atoms with Gasteiger partial charge in [-0.3, -0.25) is 4.79 Å². The van der Waals surface area contributed by atoms with Crippen LogP contribution < -0.4 is 0 Å². The molecule has 1 amide bonds. The molecule has 1 aliphatic heterocycles. The molecule has 1 aromatic carbocycles. The maximum atomic E-state index is 12.6. The zero-order chi connectivity index (χ0) is 16.2. The van der Waals surface area contributed by atoms with Crippen molar-refractivity contribution in [3.8, 4) is 5.75 Å². The third kappa shape index (κ3) is 3.89. The number of carbonyl (C=O) groups excluding carboxylic acids is 1. The fourth-order valence-electron chi connectivity index (χ4n) is 2.98. The standard InChI is InChI=1S/C18H25NO3/c1-14(2)7-9-18(13-20)8-4-10-19(12-18)17(22)15-5-3-6-16(21)11-15/h3,5-7,11,20-21H,4,8-10,12-13H2,1-2H3. The number of phenols is 1. The number of nitrogens with zero attached hydrogens (tertiary/aromatic N) is 1. The summed E-state index contributed by atoms with van der Waals surface area (Å²) in [6.07, 6.45) is 4.74. The second-order valence-electron chi connectivity index (χ2n) is 6.52. The van der Waals surface area contributed by atoms with Gasteiger partial charge in [-0.1, -0.05) is 17.7 Å². The van der Waals surface area contributed by atoms with Gasteiger partial charge in [-0.05, 0) is 51.3 Å². The van der Waals surface area contributed by atoms with Crippen molar-refractivity contribution in [2.24, 2.45) is 5.41 Å². The Balaban J connectivity index is 2.15. The summed E-state index contributed by atoms with van der Waals surface area (Å²) in [6, 6.07) is 6.44. The summed E-state index contributed by atoms with van der Waals surface area (Å²) >= 11 is 0. The lowest BCUT2D eigenvalue weighted by Crippen LogP contribution is -2.47. The highest BCUT2D eigenvalue weighted by molar-refractivity contribution is 5.94. The van der Waals surface area contributed by atoms with Crippen molar-refractivity contribution in [1.29, 1.82) is 0 Å². The highest BCUT2D eigenvalue weighted by Crippen LogP contribution is 2.34. The van der Waals surface area contributed by atoms with Crippen molar-refractivity contribution in [2.75, 3.05) is 19.7 Å².